The van der Waals surface area contributed by atoms with Gasteiger partial charge in [-0.2, -0.15) is 4.98 Å². The quantitative estimate of drug-likeness (QED) is 0.386. The maximum atomic E-state index is 12.8. The van der Waals surface area contributed by atoms with Gasteiger partial charge in [0.05, 0.1) is 12.3 Å². The van der Waals surface area contributed by atoms with Crippen LogP contribution < -0.4 is 16.6 Å². The molecule has 166 valence electrons. The van der Waals surface area contributed by atoms with Crippen LogP contribution in [0.5, 0.6) is 0 Å². The Morgan fingerprint density at radius 3 is 2.61 bits per heavy atom. The number of H-pyrrole nitrogens is 1. The molecule has 3 rings (SSSR count). The van der Waals surface area contributed by atoms with Crippen molar-refractivity contribution in [2.75, 3.05) is 18.4 Å². The summed E-state index contributed by atoms with van der Waals surface area (Å²) in [4.78, 5) is 36.8. The zero-order valence-corrected chi connectivity index (χ0v) is 18.9. The number of nitrogens with one attached hydrogen (secondary N) is 2. The van der Waals surface area contributed by atoms with E-state index in [0.717, 1.165) is 55.6 Å². The van der Waals surface area contributed by atoms with Gasteiger partial charge >= 0.3 is 5.69 Å². The zero-order chi connectivity index (χ0) is 22.4. The number of aliphatic imine (C=N–C) groups is 1. The summed E-state index contributed by atoms with van der Waals surface area (Å²) in [7, 11) is 1.62. The lowest BCUT2D eigenvalue weighted by atomic mass is 10.0. The Morgan fingerprint density at radius 2 is 1.90 bits per heavy atom. The van der Waals surface area contributed by atoms with Gasteiger partial charge in [0.1, 0.15) is 0 Å². The molecule has 2 aromatic heterocycles. The van der Waals surface area contributed by atoms with Gasteiger partial charge in [0.2, 0.25) is 5.95 Å². The summed E-state index contributed by atoms with van der Waals surface area (Å²) in [5, 5.41) is 3.34. The molecule has 1 aromatic carbocycles. The number of hydrogen-bond acceptors (Lipinski definition) is 5. The minimum atomic E-state index is -0.474. The molecule has 2 heterocycles. The standard InChI is InChI=1S/C23H32N6O2/c1-5-7-13-24-18(17-12-10-9-11-16(17)3)15-29-19-20(26-22(29)25-14-8-6-2)28(4)23(31)27-21(19)30/h9-12H,5-8,13-15H2,1-4H3,(H,25,26)(H,27,30,31). The van der Waals surface area contributed by atoms with Crippen molar-refractivity contribution in [2.45, 2.75) is 53.0 Å². The number of benzene rings is 1. The number of anilines is 1. The monoisotopic (exact) mass is 424 g/mol. The number of unbranched alkanes of at least 4 members (excludes halogenated alkanes) is 2. The van der Waals surface area contributed by atoms with Gasteiger partial charge in [0, 0.05) is 25.7 Å². The van der Waals surface area contributed by atoms with E-state index in [0.29, 0.717) is 23.7 Å². The smallest absolute Gasteiger partial charge is 0.329 e. The number of hydrogen-bond donors (Lipinski definition) is 2. The molecular weight excluding hydrogens is 392 g/mol. The molecule has 0 fully saturated rings. The first-order valence-corrected chi connectivity index (χ1v) is 11.0. The van der Waals surface area contributed by atoms with E-state index in [1.54, 1.807) is 7.05 Å². The summed E-state index contributed by atoms with van der Waals surface area (Å²) >= 11 is 0. The fourth-order valence-corrected chi connectivity index (χ4v) is 3.54. The lowest BCUT2D eigenvalue weighted by molar-refractivity contribution is 0.789. The molecule has 0 amide bonds. The average molecular weight is 425 g/mol. The Balaban J connectivity index is 2.15. The lowest BCUT2D eigenvalue weighted by Gasteiger charge is -2.14. The molecule has 0 radical (unpaired) electrons. The number of fused-ring (bicyclic) bond motifs is 1. The van der Waals surface area contributed by atoms with Crippen molar-refractivity contribution in [1.29, 1.82) is 0 Å². The van der Waals surface area contributed by atoms with Crippen molar-refractivity contribution in [2.24, 2.45) is 12.0 Å². The third kappa shape index (κ3) is 4.95. The molecule has 0 atom stereocenters. The second kappa shape index (κ2) is 10.2. The third-order valence-electron chi connectivity index (χ3n) is 5.40. The topological polar surface area (TPSA) is 97.1 Å². The van der Waals surface area contributed by atoms with E-state index < -0.39 is 11.2 Å². The molecule has 0 bridgehead atoms. The molecule has 0 spiro atoms. The van der Waals surface area contributed by atoms with Gasteiger partial charge < -0.3 is 5.32 Å². The van der Waals surface area contributed by atoms with Gasteiger partial charge in [-0.1, -0.05) is 51.0 Å². The van der Waals surface area contributed by atoms with Crippen LogP contribution in [0.25, 0.3) is 11.2 Å². The van der Waals surface area contributed by atoms with Crippen LogP contribution in [0.2, 0.25) is 0 Å². The van der Waals surface area contributed by atoms with Crippen molar-refractivity contribution in [1.82, 2.24) is 19.1 Å². The summed E-state index contributed by atoms with van der Waals surface area (Å²) in [5.41, 5.74) is 2.91. The SMILES string of the molecule is CCCCN=C(Cn1c(NCCCC)nc2c1c(=O)[nH]c(=O)n2C)c1ccccc1C. The predicted octanol–water partition coefficient (Wildman–Crippen LogP) is 3.23. The summed E-state index contributed by atoms with van der Waals surface area (Å²) < 4.78 is 3.22. The minimum Gasteiger partial charge on any atom is -0.356 e. The van der Waals surface area contributed by atoms with Crippen molar-refractivity contribution in [3.05, 3.63) is 56.2 Å². The summed E-state index contributed by atoms with van der Waals surface area (Å²) in [5.74, 6) is 0.576. The predicted molar refractivity (Wildman–Crippen MR) is 126 cm³/mol. The molecule has 0 unspecified atom stereocenters. The molecule has 0 aliphatic rings. The highest BCUT2D eigenvalue weighted by molar-refractivity contribution is 6.02. The van der Waals surface area contributed by atoms with E-state index in [1.807, 2.05) is 16.7 Å². The highest BCUT2D eigenvalue weighted by Gasteiger charge is 2.19. The highest BCUT2D eigenvalue weighted by Crippen LogP contribution is 2.19. The molecule has 0 saturated heterocycles. The molecule has 8 nitrogen and oxygen atoms in total. The van der Waals surface area contributed by atoms with Crippen LogP contribution in [0.4, 0.5) is 5.95 Å². The molecule has 8 heteroatoms. The van der Waals surface area contributed by atoms with Crippen LogP contribution in [0.3, 0.4) is 0 Å². The second-order valence-electron chi connectivity index (χ2n) is 7.79. The van der Waals surface area contributed by atoms with Crippen LogP contribution in [0.15, 0.2) is 38.8 Å². The van der Waals surface area contributed by atoms with Crippen molar-refractivity contribution >= 4 is 22.8 Å². The van der Waals surface area contributed by atoms with Crippen LogP contribution in [-0.2, 0) is 13.6 Å². The van der Waals surface area contributed by atoms with Crippen LogP contribution in [0, 0.1) is 6.92 Å². The first-order valence-electron chi connectivity index (χ1n) is 11.0. The molecule has 0 aliphatic carbocycles. The molecular formula is C23H32N6O2. The molecule has 2 N–H and O–H groups in total. The molecule has 0 saturated carbocycles. The minimum absolute atomic E-state index is 0.366. The van der Waals surface area contributed by atoms with E-state index in [1.165, 1.54) is 4.57 Å². The number of nitrogens with zero attached hydrogens (tertiary/aromatic N) is 4. The zero-order valence-electron chi connectivity index (χ0n) is 18.9. The van der Waals surface area contributed by atoms with Crippen molar-refractivity contribution in [3.8, 4) is 0 Å². The van der Waals surface area contributed by atoms with Crippen molar-refractivity contribution < 1.29 is 0 Å². The largest absolute Gasteiger partial charge is 0.356 e. The molecule has 3 aromatic rings. The van der Waals surface area contributed by atoms with E-state index in [-0.39, 0.29) is 0 Å². The Morgan fingerprint density at radius 1 is 1.16 bits per heavy atom. The Hall–Kier alpha value is -3.16. The number of imidazole rings is 1. The summed E-state index contributed by atoms with van der Waals surface area (Å²) in [6, 6.07) is 8.13. The van der Waals surface area contributed by atoms with Gasteiger partial charge in [-0.25, -0.2) is 4.79 Å². The van der Waals surface area contributed by atoms with Gasteiger partial charge in [0.25, 0.3) is 5.56 Å². The number of aryl methyl sites for hydroxylation is 2. The first-order chi connectivity index (χ1) is 15.0. The molecule has 31 heavy (non-hydrogen) atoms. The van der Waals surface area contributed by atoms with Gasteiger partial charge in [-0.3, -0.25) is 23.9 Å². The van der Waals surface area contributed by atoms with E-state index in [9.17, 15) is 9.59 Å². The number of aromatic amines is 1. The number of aromatic nitrogens is 4. The second-order valence-corrected chi connectivity index (χ2v) is 7.79. The number of rotatable bonds is 10. The normalized spacial score (nSPS) is 11.9. The van der Waals surface area contributed by atoms with Crippen LogP contribution >= 0.6 is 0 Å². The van der Waals surface area contributed by atoms with Crippen LogP contribution in [-0.4, -0.2) is 37.9 Å². The van der Waals surface area contributed by atoms with Gasteiger partial charge in [-0.15, -0.1) is 0 Å². The fourth-order valence-electron chi connectivity index (χ4n) is 3.54. The van der Waals surface area contributed by atoms with Gasteiger partial charge in [0.15, 0.2) is 11.2 Å². The van der Waals surface area contributed by atoms with Crippen LogP contribution in [0.1, 0.15) is 50.7 Å². The molecule has 0 aliphatic heterocycles. The summed E-state index contributed by atoms with van der Waals surface area (Å²) in [6.07, 6.45) is 4.08. The lowest BCUT2D eigenvalue weighted by Crippen LogP contribution is -2.29. The van der Waals surface area contributed by atoms with E-state index >= 15 is 0 Å². The third-order valence-corrected chi connectivity index (χ3v) is 5.40. The summed E-state index contributed by atoms with van der Waals surface area (Å²) in [6.45, 7) is 8.17. The Labute approximate surface area is 182 Å². The van der Waals surface area contributed by atoms with Crippen molar-refractivity contribution in [3.63, 3.8) is 0 Å². The van der Waals surface area contributed by atoms with E-state index in [2.05, 4.69) is 48.2 Å². The first kappa shape index (κ1) is 22.5. The van der Waals surface area contributed by atoms with E-state index in [4.69, 9.17) is 4.99 Å². The average Bonchev–Trinajstić information content (AvgIpc) is 3.11. The maximum absolute atomic E-state index is 12.8. The Kier molecular flexibility index (Phi) is 7.44. The maximum Gasteiger partial charge on any atom is 0.329 e. The van der Waals surface area contributed by atoms with Gasteiger partial charge in [-0.05, 0) is 25.3 Å². The fraction of sp³-hybridized carbons (Fsp3) is 0.478. The highest BCUT2D eigenvalue weighted by atomic mass is 16.2. The Bertz CT molecular complexity index is 1180.